The summed E-state index contributed by atoms with van der Waals surface area (Å²) in [6.07, 6.45) is 4.87. The molecule has 20 heavy (non-hydrogen) atoms. The smallest absolute Gasteiger partial charge is 0.327 e. The van der Waals surface area contributed by atoms with E-state index in [9.17, 15) is 9.90 Å². The summed E-state index contributed by atoms with van der Waals surface area (Å²) in [5.74, 6) is -0.324. The van der Waals surface area contributed by atoms with Crippen LogP contribution in [0.2, 0.25) is 0 Å². The molecule has 0 aromatic heterocycles. The number of hydrogen-bond donors (Lipinski definition) is 2. The zero-order valence-corrected chi connectivity index (χ0v) is 12.0. The Morgan fingerprint density at radius 3 is 2.55 bits per heavy atom. The number of carbonyl (C=O) groups excluding carboxylic acids is 1. The maximum atomic E-state index is 11.9. The van der Waals surface area contributed by atoms with E-state index in [2.05, 4.69) is 5.32 Å². The van der Waals surface area contributed by atoms with Crippen LogP contribution in [0.25, 0.3) is 0 Å². The minimum atomic E-state index is -0.695. The molecular formula is C16H23NO3. The Morgan fingerprint density at radius 2 is 1.95 bits per heavy atom. The van der Waals surface area contributed by atoms with Gasteiger partial charge in [-0.05, 0) is 18.4 Å². The van der Waals surface area contributed by atoms with E-state index in [1.165, 1.54) is 13.5 Å². The Labute approximate surface area is 120 Å². The van der Waals surface area contributed by atoms with Gasteiger partial charge in [0.15, 0.2) is 0 Å². The molecule has 0 aliphatic heterocycles. The lowest BCUT2D eigenvalue weighted by molar-refractivity contribution is -0.143. The number of aliphatic hydroxyl groups is 1. The number of benzene rings is 1. The first-order valence-electron chi connectivity index (χ1n) is 7.23. The molecular weight excluding hydrogens is 254 g/mol. The summed E-state index contributed by atoms with van der Waals surface area (Å²) in [6.45, 7) is 0.418. The van der Waals surface area contributed by atoms with Crippen molar-refractivity contribution in [2.24, 2.45) is 0 Å². The van der Waals surface area contributed by atoms with Gasteiger partial charge < -0.3 is 9.84 Å². The average molecular weight is 277 g/mol. The first-order chi connectivity index (χ1) is 9.64. The minimum Gasteiger partial charge on any atom is -0.468 e. The minimum absolute atomic E-state index is 0.324. The molecule has 110 valence electrons. The standard InChI is InChI=1S/C16H23NO3/c1-20-15(18)14(13-8-4-2-5-9-13)17-12-16(19)10-6-3-7-11-16/h2,4-5,8-9,14,17,19H,3,6-7,10-12H2,1H3. The van der Waals surface area contributed by atoms with Crippen LogP contribution >= 0.6 is 0 Å². The number of ether oxygens (including phenoxy) is 1. The molecule has 1 fully saturated rings. The zero-order valence-electron chi connectivity index (χ0n) is 12.0. The molecule has 4 nitrogen and oxygen atoms in total. The highest BCUT2D eigenvalue weighted by Crippen LogP contribution is 2.28. The maximum Gasteiger partial charge on any atom is 0.327 e. The summed E-state index contributed by atoms with van der Waals surface area (Å²) in [7, 11) is 1.38. The van der Waals surface area contributed by atoms with Gasteiger partial charge in [-0.1, -0.05) is 49.6 Å². The van der Waals surface area contributed by atoms with Gasteiger partial charge in [0, 0.05) is 6.54 Å². The van der Waals surface area contributed by atoms with Gasteiger partial charge in [0.25, 0.3) is 0 Å². The number of hydrogen-bond acceptors (Lipinski definition) is 4. The van der Waals surface area contributed by atoms with Crippen molar-refractivity contribution in [2.45, 2.75) is 43.7 Å². The Balaban J connectivity index is 2.03. The highest BCUT2D eigenvalue weighted by molar-refractivity contribution is 5.77. The summed E-state index contributed by atoms with van der Waals surface area (Å²) in [5.41, 5.74) is 0.165. The number of rotatable bonds is 5. The fraction of sp³-hybridized carbons (Fsp3) is 0.562. The second-order valence-corrected chi connectivity index (χ2v) is 5.53. The molecule has 1 aromatic rings. The predicted molar refractivity (Wildman–Crippen MR) is 77.2 cm³/mol. The lowest BCUT2D eigenvalue weighted by Crippen LogP contribution is -2.45. The van der Waals surface area contributed by atoms with Crippen molar-refractivity contribution >= 4 is 5.97 Å². The quantitative estimate of drug-likeness (QED) is 0.810. The SMILES string of the molecule is COC(=O)C(NCC1(O)CCCCC1)c1ccccc1. The average Bonchev–Trinajstić information content (AvgIpc) is 2.49. The zero-order chi connectivity index (χ0) is 14.4. The van der Waals surface area contributed by atoms with Gasteiger partial charge in [-0.2, -0.15) is 0 Å². The van der Waals surface area contributed by atoms with Crippen LogP contribution in [0.3, 0.4) is 0 Å². The highest BCUT2D eigenvalue weighted by atomic mass is 16.5. The second-order valence-electron chi connectivity index (χ2n) is 5.53. The van der Waals surface area contributed by atoms with E-state index in [1.807, 2.05) is 30.3 Å². The lowest BCUT2D eigenvalue weighted by Gasteiger charge is -2.33. The fourth-order valence-corrected chi connectivity index (χ4v) is 2.78. The molecule has 2 rings (SSSR count). The molecule has 1 atom stereocenters. The van der Waals surface area contributed by atoms with Gasteiger partial charge in [0.1, 0.15) is 6.04 Å². The summed E-state index contributed by atoms with van der Waals surface area (Å²) < 4.78 is 4.86. The van der Waals surface area contributed by atoms with E-state index in [0.29, 0.717) is 6.54 Å². The Kier molecular flexibility index (Phi) is 5.15. The van der Waals surface area contributed by atoms with Gasteiger partial charge in [0.05, 0.1) is 12.7 Å². The van der Waals surface area contributed by atoms with Crippen LogP contribution in [-0.2, 0) is 9.53 Å². The Morgan fingerprint density at radius 1 is 1.30 bits per heavy atom. The Bertz CT molecular complexity index is 427. The third-order valence-corrected chi connectivity index (χ3v) is 3.99. The van der Waals surface area contributed by atoms with Gasteiger partial charge in [-0.3, -0.25) is 5.32 Å². The molecule has 0 amide bonds. The van der Waals surface area contributed by atoms with E-state index in [0.717, 1.165) is 31.2 Å². The van der Waals surface area contributed by atoms with Crippen LogP contribution in [0.4, 0.5) is 0 Å². The molecule has 1 aliphatic carbocycles. The van der Waals surface area contributed by atoms with Crippen molar-refractivity contribution in [2.75, 3.05) is 13.7 Å². The number of carbonyl (C=O) groups is 1. The van der Waals surface area contributed by atoms with Crippen LogP contribution in [0, 0.1) is 0 Å². The third-order valence-electron chi connectivity index (χ3n) is 3.99. The molecule has 1 unspecified atom stereocenters. The first-order valence-corrected chi connectivity index (χ1v) is 7.23. The number of nitrogens with one attached hydrogen (secondary N) is 1. The summed E-state index contributed by atoms with van der Waals surface area (Å²) in [6, 6.07) is 8.95. The lowest BCUT2D eigenvalue weighted by atomic mass is 9.84. The molecule has 4 heteroatoms. The molecule has 1 aromatic carbocycles. The monoisotopic (exact) mass is 277 g/mol. The van der Waals surface area contributed by atoms with E-state index in [4.69, 9.17) is 4.74 Å². The van der Waals surface area contributed by atoms with Crippen molar-refractivity contribution in [3.05, 3.63) is 35.9 Å². The topological polar surface area (TPSA) is 58.6 Å². The van der Waals surface area contributed by atoms with Gasteiger partial charge in [-0.15, -0.1) is 0 Å². The normalized spacial score (nSPS) is 19.3. The molecule has 1 saturated carbocycles. The van der Waals surface area contributed by atoms with Crippen LogP contribution in [0.1, 0.15) is 43.7 Å². The van der Waals surface area contributed by atoms with Crippen molar-refractivity contribution < 1.29 is 14.6 Å². The molecule has 1 aliphatic rings. The van der Waals surface area contributed by atoms with Crippen molar-refractivity contribution in [3.63, 3.8) is 0 Å². The van der Waals surface area contributed by atoms with Gasteiger partial charge in [-0.25, -0.2) is 4.79 Å². The molecule has 0 saturated heterocycles. The Hall–Kier alpha value is -1.39. The summed E-state index contributed by atoms with van der Waals surface area (Å²) in [4.78, 5) is 11.9. The highest BCUT2D eigenvalue weighted by Gasteiger charge is 2.31. The predicted octanol–water partition coefficient (Wildman–Crippen LogP) is 2.19. The van der Waals surface area contributed by atoms with Crippen molar-refractivity contribution in [1.82, 2.24) is 5.32 Å². The maximum absolute atomic E-state index is 11.9. The third kappa shape index (κ3) is 3.81. The molecule has 0 heterocycles. The number of methoxy groups -OCH3 is 1. The van der Waals surface area contributed by atoms with Crippen molar-refractivity contribution in [3.8, 4) is 0 Å². The van der Waals surface area contributed by atoms with Crippen LogP contribution in [0.5, 0.6) is 0 Å². The summed E-state index contributed by atoms with van der Waals surface area (Å²) in [5, 5.41) is 13.7. The van der Waals surface area contributed by atoms with Crippen LogP contribution in [-0.4, -0.2) is 30.3 Å². The van der Waals surface area contributed by atoms with E-state index >= 15 is 0 Å². The van der Waals surface area contributed by atoms with E-state index < -0.39 is 11.6 Å². The van der Waals surface area contributed by atoms with Crippen LogP contribution < -0.4 is 5.32 Å². The summed E-state index contributed by atoms with van der Waals surface area (Å²) >= 11 is 0. The largest absolute Gasteiger partial charge is 0.468 e. The van der Waals surface area contributed by atoms with Gasteiger partial charge in [0.2, 0.25) is 0 Å². The number of esters is 1. The second kappa shape index (κ2) is 6.86. The molecule has 0 spiro atoms. The molecule has 0 radical (unpaired) electrons. The van der Waals surface area contributed by atoms with Gasteiger partial charge >= 0.3 is 5.97 Å². The molecule has 2 N–H and O–H groups in total. The van der Waals surface area contributed by atoms with Crippen molar-refractivity contribution in [1.29, 1.82) is 0 Å². The molecule has 0 bridgehead atoms. The van der Waals surface area contributed by atoms with E-state index in [-0.39, 0.29) is 5.97 Å². The first kappa shape index (κ1) is 15.0. The fourth-order valence-electron chi connectivity index (χ4n) is 2.78. The van der Waals surface area contributed by atoms with E-state index in [1.54, 1.807) is 0 Å². The van der Waals surface area contributed by atoms with Crippen LogP contribution in [0.15, 0.2) is 30.3 Å².